The highest BCUT2D eigenvalue weighted by atomic mass is 32.2. The first-order valence-electron chi connectivity index (χ1n) is 8.23. The molecule has 0 aliphatic rings. The maximum Gasteiger partial charge on any atom is 0.144 e. The number of benzene rings is 1. The Balaban J connectivity index is 2.20. The first kappa shape index (κ1) is 18.5. The topological polar surface area (TPSA) is 61.2 Å². The zero-order valence-electron chi connectivity index (χ0n) is 15.2. The number of hydrogen-bond donors (Lipinski definition) is 0. The van der Waals surface area contributed by atoms with Gasteiger partial charge in [0.1, 0.15) is 21.9 Å². The molecular weight excluding hydrogens is 349 g/mol. The fourth-order valence-corrected chi connectivity index (χ4v) is 2.99. The first-order chi connectivity index (χ1) is 12.3. The summed E-state index contributed by atoms with van der Waals surface area (Å²) in [6.07, 6.45) is 4.95. The summed E-state index contributed by atoms with van der Waals surface area (Å²) in [5.41, 5.74) is 3.23. The number of pyridine rings is 2. The number of hydrogen-bond acceptors (Lipinski definition) is 4. The molecule has 134 valence electrons. The second-order valence-corrected chi connectivity index (χ2v) is 8.94. The van der Waals surface area contributed by atoms with Gasteiger partial charge in [0.25, 0.3) is 0 Å². The van der Waals surface area contributed by atoms with Crippen LogP contribution in [-0.2, 0) is 11.4 Å². The van der Waals surface area contributed by atoms with Gasteiger partial charge in [-0.15, -0.1) is 0 Å². The van der Waals surface area contributed by atoms with Crippen LogP contribution in [0.2, 0.25) is 0 Å². The number of rotatable bonds is 3. The average Bonchev–Trinajstić information content (AvgIpc) is 2.62. The number of aryl methyl sites for hydroxylation is 1. The Morgan fingerprint density at radius 3 is 2.65 bits per heavy atom. The molecule has 2 aromatic heterocycles. The van der Waals surface area contributed by atoms with Crippen LogP contribution in [0.4, 0.5) is 4.39 Å². The van der Waals surface area contributed by atoms with E-state index in [0.717, 1.165) is 10.9 Å². The van der Waals surface area contributed by atoms with Gasteiger partial charge in [0.2, 0.25) is 0 Å². The third kappa shape index (κ3) is 3.76. The Hall–Kier alpha value is -2.31. The number of halogens is 1. The predicted molar refractivity (Wildman–Crippen MR) is 105 cm³/mol. The molecule has 1 aromatic carbocycles. The fourth-order valence-electron chi connectivity index (χ4n) is 2.47. The zero-order valence-corrected chi connectivity index (χ0v) is 16.0. The van der Waals surface area contributed by atoms with E-state index in [2.05, 4.69) is 14.4 Å². The van der Waals surface area contributed by atoms with Crippen molar-refractivity contribution >= 4 is 28.5 Å². The van der Waals surface area contributed by atoms with Crippen molar-refractivity contribution in [3.63, 3.8) is 0 Å². The Bertz CT molecular complexity index is 968. The molecule has 1 atom stereocenters. The molecule has 1 unspecified atom stereocenters. The molecule has 0 bridgehead atoms. The summed E-state index contributed by atoms with van der Waals surface area (Å²) in [5, 5.41) is 0.805. The molecule has 26 heavy (non-hydrogen) atoms. The smallest absolute Gasteiger partial charge is 0.144 e. The highest BCUT2D eigenvalue weighted by molar-refractivity contribution is 7.91. The van der Waals surface area contributed by atoms with Crippen molar-refractivity contribution in [2.45, 2.75) is 32.4 Å². The Morgan fingerprint density at radius 1 is 1.23 bits per heavy atom. The molecule has 4 nitrogen and oxygen atoms in total. The van der Waals surface area contributed by atoms with Gasteiger partial charge in [-0.3, -0.25) is 4.98 Å². The number of nitrogens with zero attached hydrogens (tertiary/aromatic N) is 3. The molecule has 0 amide bonds. The summed E-state index contributed by atoms with van der Waals surface area (Å²) in [4.78, 5) is 8.81. The molecule has 0 saturated heterocycles. The van der Waals surface area contributed by atoms with E-state index in [-0.39, 0.29) is 5.82 Å². The van der Waals surface area contributed by atoms with Crippen LogP contribution in [0.1, 0.15) is 31.9 Å². The maximum atomic E-state index is 13.9. The minimum absolute atomic E-state index is 0.294. The van der Waals surface area contributed by atoms with Gasteiger partial charge < -0.3 is 4.55 Å². The molecule has 0 saturated carbocycles. The monoisotopic (exact) mass is 369 g/mol. The van der Waals surface area contributed by atoms with Crippen LogP contribution in [0.15, 0.2) is 47.1 Å². The van der Waals surface area contributed by atoms with Crippen LogP contribution in [0, 0.1) is 12.7 Å². The third-order valence-corrected chi connectivity index (χ3v) is 5.30. The quantitative estimate of drug-likeness (QED) is 0.500. The minimum atomic E-state index is -1.38. The van der Waals surface area contributed by atoms with Crippen molar-refractivity contribution in [3.05, 3.63) is 59.7 Å². The van der Waals surface area contributed by atoms with Gasteiger partial charge >= 0.3 is 0 Å². The molecule has 0 fully saturated rings. The molecule has 6 heteroatoms. The molecule has 3 rings (SSSR count). The summed E-state index contributed by atoms with van der Waals surface area (Å²) in [6.45, 7) is 7.31. The Morgan fingerprint density at radius 2 is 2.00 bits per heavy atom. The van der Waals surface area contributed by atoms with E-state index >= 15 is 0 Å². The van der Waals surface area contributed by atoms with Gasteiger partial charge in [0.15, 0.2) is 0 Å². The normalized spacial score (nSPS) is 13.5. The first-order valence-corrected chi connectivity index (χ1v) is 9.34. The summed E-state index contributed by atoms with van der Waals surface area (Å²) >= 11 is -1.38. The summed E-state index contributed by atoms with van der Waals surface area (Å²) in [7, 11) is 0. The number of aromatic nitrogens is 2. The molecular formula is C20H20FN3OS. The fraction of sp³-hybridized carbons (Fsp3) is 0.250. The van der Waals surface area contributed by atoms with Gasteiger partial charge in [-0.2, -0.15) is 0 Å². The van der Waals surface area contributed by atoms with Crippen LogP contribution >= 0.6 is 0 Å². The molecule has 0 spiro atoms. The van der Waals surface area contributed by atoms with Gasteiger partial charge in [-0.1, -0.05) is 4.40 Å². The largest absolute Gasteiger partial charge is 0.591 e. The number of fused-ring (bicyclic) bond motifs is 1. The molecule has 0 aliphatic carbocycles. The van der Waals surface area contributed by atoms with Crippen molar-refractivity contribution in [1.82, 2.24) is 9.97 Å². The zero-order chi connectivity index (χ0) is 18.9. The van der Waals surface area contributed by atoms with Crippen LogP contribution in [0.25, 0.3) is 22.2 Å². The van der Waals surface area contributed by atoms with E-state index in [1.54, 1.807) is 31.6 Å². The molecule has 2 heterocycles. The van der Waals surface area contributed by atoms with Gasteiger partial charge in [0.05, 0.1) is 17.4 Å². The minimum Gasteiger partial charge on any atom is -0.591 e. The van der Waals surface area contributed by atoms with Crippen molar-refractivity contribution in [2.75, 3.05) is 0 Å². The summed E-state index contributed by atoms with van der Waals surface area (Å²) in [5.74, 6) is -0.294. The highest BCUT2D eigenvalue weighted by Crippen LogP contribution is 2.27. The third-order valence-electron chi connectivity index (χ3n) is 3.95. The molecule has 3 aromatic rings. The second-order valence-electron chi connectivity index (χ2n) is 7.01. The van der Waals surface area contributed by atoms with Crippen molar-refractivity contribution in [2.24, 2.45) is 4.40 Å². The van der Waals surface area contributed by atoms with Gasteiger partial charge in [-0.05, 0) is 58.0 Å². The van der Waals surface area contributed by atoms with Crippen LogP contribution in [0.5, 0.6) is 0 Å². The lowest BCUT2D eigenvalue weighted by Crippen LogP contribution is -2.25. The van der Waals surface area contributed by atoms with Crippen LogP contribution < -0.4 is 0 Å². The van der Waals surface area contributed by atoms with Gasteiger partial charge in [-0.25, -0.2) is 9.37 Å². The maximum absolute atomic E-state index is 13.9. The lowest BCUT2D eigenvalue weighted by atomic mass is 10.0. The molecule has 0 aliphatic heterocycles. The second kappa shape index (κ2) is 7.13. The van der Waals surface area contributed by atoms with Crippen molar-refractivity contribution in [3.8, 4) is 11.3 Å². The van der Waals surface area contributed by atoms with Gasteiger partial charge in [0, 0.05) is 34.5 Å². The van der Waals surface area contributed by atoms with Crippen LogP contribution in [-0.4, -0.2) is 25.5 Å². The van der Waals surface area contributed by atoms with Crippen molar-refractivity contribution in [1.29, 1.82) is 0 Å². The Kier molecular flexibility index (Phi) is 5.07. The SMILES string of the molecule is Cc1c(F)ccc2cc(/C=N/[S+]([O-])C(C)(C)C)c(-c3cccnc3)nc12. The van der Waals surface area contributed by atoms with E-state index in [0.29, 0.717) is 22.3 Å². The van der Waals surface area contributed by atoms with E-state index in [1.807, 2.05) is 39.0 Å². The van der Waals surface area contributed by atoms with E-state index in [9.17, 15) is 8.94 Å². The molecule has 0 N–H and O–H groups in total. The average molecular weight is 369 g/mol. The molecule has 0 radical (unpaired) electrons. The van der Waals surface area contributed by atoms with E-state index in [1.165, 1.54) is 6.07 Å². The summed E-state index contributed by atoms with van der Waals surface area (Å²) < 4.78 is 30.0. The van der Waals surface area contributed by atoms with E-state index < -0.39 is 16.1 Å². The highest BCUT2D eigenvalue weighted by Gasteiger charge is 2.26. The van der Waals surface area contributed by atoms with Crippen molar-refractivity contribution < 1.29 is 8.94 Å². The standard InChI is InChI=1S/C20H20FN3OS/c1-13-17(21)8-7-14-10-16(12-23-26(25)20(2,3)4)19(24-18(13)14)15-6-5-9-22-11-15/h5-12H,1-4H3/b23-12+. The lowest BCUT2D eigenvalue weighted by Gasteiger charge is -2.18. The summed E-state index contributed by atoms with van der Waals surface area (Å²) in [6, 6.07) is 8.70. The predicted octanol–water partition coefficient (Wildman–Crippen LogP) is 4.63. The Labute approximate surface area is 155 Å². The lowest BCUT2D eigenvalue weighted by molar-refractivity contribution is 0.562. The van der Waals surface area contributed by atoms with Crippen LogP contribution in [0.3, 0.4) is 0 Å². The van der Waals surface area contributed by atoms with E-state index in [4.69, 9.17) is 0 Å².